The van der Waals surface area contributed by atoms with E-state index in [4.69, 9.17) is 5.11 Å². The minimum atomic E-state index is -1.11. The quantitative estimate of drug-likeness (QED) is 0.585. The van der Waals surface area contributed by atoms with Gasteiger partial charge in [0, 0.05) is 15.0 Å². The molecule has 3 aromatic rings. The average Bonchev–Trinajstić information content (AvgIpc) is 3.07. The molecule has 0 saturated carbocycles. The van der Waals surface area contributed by atoms with E-state index in [1.807, 2.05) is 22.9 Å². The van der Waals surface area contributed by atoms with Crippen LogP contribution in [0.15, 0.2) is 41.1 Å². The fourth-order valence-corrected chi connectivity index (χ4v) is 3.92. The van der Waals surface area contributed by atoms with E-state index in [-0.39, 0.29) is 0 Å². The van der Waals surface area contributed by atoms with Crippen LogP contribution in [0.5, 0.6) is 0 Å². The van der Waals surface area contributed by atoms with E-state index in [0.29, 0.717) is 11.2 Å². The van der Waals surface area contributed by atoms with Crippen LogP contribution in [0.2, 0.25) is 0 Å². The molecular weight excluding hydrogens is 292 g/mol. The van der Waals surface area contributed by atoms with Gasteiger partial charge in [-0.2, -0.15) is 0 Å². The number of carbonyl (C=O) groups is 2. The van der Waals surface area contributed by atoms with Crippen molar-refractivity contribution >= 4 is 45.0 Å². The molecule has 100 valence electrons. The van der Waals surface area contributed by atoms with Crippen LogP contribution in [-0.2, 0) is 9.59 Å². The fraction of sp³-hybridized carbons (Fsp3) is 0.0667. The second kappa shape index (κ2) is 5.19. The van der Waals surface area contributed by atoms with Gasteiger partial charge in [-0.3, -0.25) is 4.79 Å². The van der Waals surface area contributed by atoms with Crippen molar-refractivity contribution in [2.45, 2.75) is 5.92 Å². The first-order chi connectivity index (χ1) is 9.70. The lowest BCUT2D eigenvalue weighted by Gasteiger charge is -2.01. The third-order valence-corrected chi connectivity index (χ3v) is 5.03. The number of carbonyl (C=O) groups excluding carboxylic acids is 1. The van der Waals surface area contributed by atoms with Gasteiger partial charge in [0.25, 0.3) is 0 Å². The van der Waals surface area contributed by atoms with Gasteiger partial charge < -0.3 is 9.90 Å². The summed E-state index contributed by atoms with van der Waals surface area (Å²) in [5.74, 6) is -2.18. The van der Waals surface area contributed by atoms with Crippen molar-refractivity contribution in [3.8, 4) is 11.1 Å². The molecule has 0 radical (unpaired) electrons. The molecule has 0 saturated heterocycles. The summed E-state index contributed by atoms with van der Waals surface area (Å²) in [7, 11) is 0. The Balaban J connectivity index is 2.08. The van der Waals surface area contributed by atoms with Gasteiger partial charge in [0.05, 0.1) is 0 Å². The second-order valence-corrected chi connectivity index (χ2v) is 6.22. The monoisotopic (exact) mass is 302 g/mol. The van der Waals surface area contributed by atoms with Gasteiger partial charge >= 0.3 is 5.97 Å². The zero-order valence-corrected chi connectivity index (χ0v) is 11.9. The Morgan fingerprint density at radius 2 is 2.10 bits per heavy atom. The van der Waals surface area contributed by atoms with Crippen LogP contribution < -0.4 is 0 Å². The molecule has 3 nitrogen and oxygen atoms in total. The van der Waals surface area contributed by atoms with Gasteiger partial charge in [0.15, 0.2) is 0 Å². The van der Waals surface area contributed by atoms with Crippen molar-refractivity contribution in [2.24, 2.45) is 0 Å². The molecule has 2 aromatic heterocycles. The maximum Gasteiger partial charge on any atom is 0.319 e. The Bertz CT molecular complexity index is 785. The lowest BCUT2D eigenvalue weighted by atomic mass is 10.0. The highest BCUT2D eigenvalue weighted by atomic mass is 32.1. The van der Waals surface area contributed by atoms with Gasteiger partial charge in [0.1, 0.15) is 12.2 Å². The second-order valence-electron chi connectivity index (χ2n) is 4.33. The predicted molar refractivity (Wildman–Crippen MR) is 81.6 cm³/mol. The van der Waals surface area contributed by atoms with E-state index in [2.05, 4.69) is 12.1 Å². The number of aldehydes is 1. The minimum absolute atomic E-state index is 0.475. The van der Waals surface area contributed by atoms with Crippen molar-refractivity contribution in [1.82, 2.24) is 0 Å². The molecule has 0 fully saturated rings. The highest BCUT2D eigenvalue weighted by Gasteiger charge is 2.21. The number of benzene rings is 1. The standard InChI is InChI=1S/C15H10O3S2/c16-7-12(15(17)18)14-6-9(8-20-14)10-2-1-3-13-11(10)4-5-19-13/h1-8,12H,(H,17,18). The van der Waals surface area contributed by atoms with E-state index in [9.17, 15) is 9.59 Å². The van der Waals surface area contributed by atoms with Crippen LogP contribution >= 0.6 is 22.7 Å². The highest BCUT2D eigenvalue weighted by Crippen LogP contribution is 2.35. The third-order valence-electron chi connectivity index (χ3n) is 3.14. The summed E-state index contributed by atoms with van der Waals surface area (Å²) in [6.45, 7) is 0. The zero-order chi connectivity index (χ0) is 14.1. The molecule has 0 aliphatic heterocycles. The molecule has 1 atom stereocenters. The molecule has 2 heterocycles. The van der Waals surface area contributed by atoms with Crippen molar-refractivity contribution < 1.29 is 14.7 Å². The van der Waals surface area contributed by atoms with Crippen molar-refractivity contribution in [2.75, 3.05) is 0 Å². The van der Waals surface area contributed by atoms with Crippen LogP contribution in [0, 0.1) is 0 Å². The molecule has 0 aliphatic carbocycles. The summed E-state index contributed by atoms with van der Waals surface area (Å²) in [5.41, 5.74) is 2.03. The van der Waals surface area contributed by atoms with E-state index in [1.54, 1.807) is 17.4 Å². The Morgan fingerprint density at radius 3 is 2.85 bits per heavy atom. The molecule has 0 spiro atoms. The lowest BCUT2D eigenvalue weighted by Crippen LogP contribution is -2.10. The summed E-state index contributed by atoms with van der Waals surface area (Å²) in [6, 6.07) is 9.91. The summed E-state index contributed by atoms with van der Waals surface area (Å²) in [6.07, 6.45) is 0.475. The maximum absolute atomic E-state index is 11.0. The van der Waals surface area contributed by atoms with Crippen LogP contribution in [0.1, 0.15) is 10.8 Å². The average molecular weight is 302 g/mol. The van der Waals surface area contributed by atoms with Gasteiger partial charge in [0.2, 0.25) is 0 Å². The van der Waals surface area contributed by atoms with Crippen LogP contribution in [0.4, 0.5) is 0 Å². The smallest absolute Gasteiger partial charge is 0.319 e. The predicted octanol–water partition coefficient (Wildman–Crippen LogP) is 4.00. The molecule has 0 bridgehead atoms. The molecule has 0 aliphatic rings. The number of fused-ring (bicyclic) bond motifs is 1. The van der Waals surface area contributed by atoms with Crippen molar-refractivity contribution in [3.63, 3.8) is 0 Å². The van der Waals surface area contributed by atoms with Crippen LogP contribution in [0.3, 0.4) is 0 Å². The van der Waals surface area contributed by atoms with Crippen LogP contribution in [-0.4, -0.2) is 17.4 Å². The van der Waals surface area contributed by atoms with Gasteiger partial charge in [-0.1, -0.05) is 12.1 Å². The molecule has 3 rings (SSSR count). The molecule has 1 N–H and O–H groups in total. The Kier molecular flexibility index (Phi) is 3.38. The van der Waals surface area contributed by atoms with E-state index >= 15 is 0 Å². The molecule has 5 heteroatoms. The summed E-state index contributed by atoms with van der Waals surface area (Å²) in [5, 5.41) is 14.1. The number of carboxylic acids is 1. The SMILES string of the molecule is O=CC(C(=O)O)c1cc(-c2cccc3sccc23)cs1. The molecule has 1 aromatic carbocycles. The van der Waals surface area contributed by atoms with Gasteiger partial charge in [-0.05, 0) is 40.1 Å². The van der Waals surface area contributed by atoms with Gasteiger partial charge in [-0.25, -0.2) is 0 Å². The van der Waals surface area contributed by atoms with E-state index < -0.39 is 11.9 Å². The van der Waals surface area contributed by atoms with Crippen LogP contribution in [0.25, 0.3) is 21.2 Å². The van der Waals surface area contributed by atoms with Crippen molar-refractivity contribution in [3.05, 3.63) is 46.0 Å². The topological polar surface area (TPSA) is 54.4 Å². The number of hydrogen-bond acceptors (Lipinski definition) is 4. The fourth-order valence-electron chi connectivity index (χ4n) is 2.15. The first kappa shape index (κ1) is 13.0. The number of aliphatic carboxylic acids is 1. The number of hydrogen-bond donors (Lipinski definition) is 1. The largest absolute Gasteiger partial charge is 0.480 e. The number of carboxylic acid groups (broad SMARTS) is 1. The first-order valence-corrected chi connectivity index (χ1v) is 7.70. The molecule has 20 heavy (non-hydrogen) atoms. The first-order valence-electron chi connectivity index (χ1n) is 5.94. The molecule has 1 unspecified atom stereocenters. The summed E-state index contributed by atoms with van der Waals surface area (Å²) < 4.78 is 1.19. The normalized spacial score (nSPS) is 12.4. The summed E-state index contributed by atoms with van der Waals surface area (Å²) in [4.78, 5) is 22.5. The van der Waals surface area contributed by atoms with Crippen molar-refractivity contribution in [1.29, 1.82) is 0 Å². The minimum Gasteiger partial charge on any atom is -0.480 e. The number of thiophene rings is 2. The Morgan fingerprint density at radius 1 is 1.25 bits per heavy atom. The van der Waals surface area contributed by atoms with E-state index in [1.165, 1.54) is 16.0 Å². The maximum atomic E-state index is 11.0. The highest BCUT2D eigenvalue weighted by molar-refractivity contribution is 7.17. The third kappa shape index (κ3) is 2.15. The Labute approximate surface area is 123 Å². The number of rotatable bonds is 4. The molecule has 0 amide bonds. The summed E-state index contributed by atoms with van der Waals surface area (Å²) >= 11 is 2.98. The van der Waals surface area contributed by atoms with E-state index in [0.717, 1.165) is 16.5 Å². The Hall–Kier alpha value is -1.98. The van der Waals surface area contributed by atoms with Gasteiger partial charge in [-0.15, -0.1) is 22.7 Å². The molecular formula is C15H10O3S2. The zero-order valence-electron chi connectivity index (χ0n) is 10.3. The lowest BCUT2D eigenvalue weighted by molar-refractivity contribution is -0.140.